The first-order valence-corrected chi connectivity index (χ1v) is 8.36. The number of hydrogen-bond donors (Lipinski definition) is 2. The summed E-state index contributed by atoms with van der Waals surface area (Å²) in [6.07, 6.45) is 0. The Balaban J connectivity index is 2.08. The second kappa shape index (κ2) is 5.67. The van der Waals surface area contributed by atoms with Crippen LogP contribution in [0.25, 0.3) is 27.6 Å². The highest BCUT2D eigenvalue weighted by Crippen LogP contribution is 2.23. The van der Waals surface area contributed by atoms with Gasteiger partial charge in [-0.05, 0) is 30.5 Å². The highest BCUT2D eigenvalue weighted by atomic mass is 32.1. The van der Waals surface area contributed by atoms with Crippen molar-refractivity contribution in [3.8, 4) is 16.4 Å². The molecule has 4 rings (SSSR count). The van der Waals surface area contributed by atoms with Crippen LogP contribution in [-0.2, 0) is 0 Å². The van der Waals surface area contributed by atoms with Crippen LogP contribution in [0.4, 0.5) is 0 Å². The van der Waals surface area contributed by atoms with Crippen LogP contribution in [-0.4, -0.2) is 25.4 Å². The number of imidazole rings is 1. The minimum Gasteiger partial charge on any atom is -0.364 e. The maximum absolute atomic E-state index is 12.4. The van der Waals surface area contributed by atoms with Crippen LogP contribution >= 0.6 is 11.3 Å². The van der Waals surface area contributed by atoms with E-state index in [-0.39, 0.29) is 11.2 Å². The molecule has 7 nitrogen and oxygen atoms in total. The van der Waals surface area contributed by atoms with E-state index in [1.165, 1.54) is 15.9 Å². The van der Waals surface area contributed by atoms with Gasteiger partial charge in [0.1, 0.15) is 10.5 Å². The van der Waals surface area contributed by atoms with Crippen molar-refractivity contribution in [2.75, 3.05) is 0 Å². The number of aryl methyl sites for hydroxylation is 1. The van der Waals surface area contributed by atoms with E-state index < -0.39 is 11.6 Å². The molecule has 4 aromatic rings. The van der Waals surface area contributed by atoms with Gasteiger partial charge in [0.2, 0.25) is 0 Å². The van der Waals surface area contributed by atoms with E-state index in [0.29, 0.717) is 16.5 Å². The van der Waals surface area contributed by atoms with Gasteiger partial charge in [0.15, 0.2) is 17.2 Å². The van der Waals surface area contributed by atoms with Crippen molar-refractivity contribution in [1.82, 2.24) is 19.5 Å². The van der Waals surface area contributed by atoms with Gasteiger partial charge < -0.3 is 10.7 Å². The van der Waals surface area contributed by atoms with Crippen LogP contribution in [0.3, 0.4) is 0 Å². The lowest BCUT2D eigenvalue weighted by Crippen LogP contribution is -2.15. The molecule has 0 fully saturated rings. The summed E-state index contributed by atoms with van der Waals surface area (Å²) in [6.45, 7) is 1.95. The monoisotopic (exact) mass is 351 g/mol. The Kier molecular flexibility index (Phi) is 3.47. The van der Waals surface area contributed by atoms with Crippen molar-refractivity contribution in [3.05, 3.63) is 63.5 Å². The third kappa shape index (κ3) is 2.52. The first-order valence-electron chi connectivity index (χ1n) is 7.48. The zero-order chi connectivity index (χ0) is 17.6. The van der Waals surface area contributed by atoms with Gasteiger partial charge in [-0.25, -0.2) is 19.3 Å². The lowest BCUT2D eigenvalue weighted by Gasteiger charge is -2.06. The summed E-state index contributed by atoms with van der Waals surface area (Å²) >= 11 is 1.39. The number of primary amides is 1. The van der Waals surface area contributed by atoms with Crippen LogP contribution in [0.2, 0.25) is 0 Å². The van der Waals surface area contributed by atoms with E-state index in [0.717, 1.165) is 11.1 Å². The molecule has 0 saturated heterocycles. The minimum atomic E-state index is -0.721. The first kappa shape index (κ1) is 15.3. The molecule has 0 bridgehead atoms. The molecular weight excluding hydrogens is 338 g/mol. The predicted octanol–water partition coefficient (Wildman–Crippen LogP) is 2.24. The summed E-state index contributed by atoms with van der Waals surface area (Å²) in [7, 11) is 0. The molecule has 3 N–H and O–H groups in total. The lowest BCUT2D eigenvalue weighted by molar-refractivity contribution is 0.0997. The standard InChI is InChI=1S/C17H13N5O2S/c1-9-4-2-5-10(8-9)15-19-12(14(18)23)13-16(21-15)22(17(24)20-13)11-6-3-7-25-11/h2-8H,1H3,(H2,18,23)(H,20,24). The molecule has 0 unspecified atom stereocenters. The third-order valence-corrected chi connectivity index (χ3v) is 4.63. The molecule has 124 valence electrons. The number of amides is 1. The van der Waals surface area contributed by atoms with Crippen molar-refractivity contribution >= 4 is 28.4 Å². The van der Waals surface area contributed by atoms with Gasteiger partial charge in [0.05, 0.1) is 0 Å². The highest BCUT2D eigenvalue weighted by molar-refractivity contribution is 7.12. The Labute approximate surface area is 145 Å². The number of fused-ring (bicyclic) bond motifs is 1. The normalized spacial score (nSPS) is 11.1. The summed E-state index contributed by atoms with van der Waals surface area (Å²) in [4.78, 5) is 35.7. The van der Waals surface area contributed by atoms with E-state index in [2.05, 4.69) is 15.0 Å². The molecule has 0 atom stereocenters. The fraction of sp³-hybridized carbons (Fsp3) is 0.0588. The smallest absolute Gasteiger partial charge is 0.333 e. The molecule has 0 spiro atoms. The summed E-state index contributed by atoms with van der Waals surface area (Å²) in [5.74, 6) is -0.379. The maximum atomic E-state index is 12.4. The van der Waals surface area contributed by atoms with Crippen molar-refractivity contribution in [3.63, 3.8) is 0 Å². The second-order valence-electron chi connectivity index (χ2n) is 5.55. The molecule has 3 heterocycles. The number of thiophene rings is 1. The number of carbonyl (C=O) groups is 1. The van der Waals surface area contributed by atoms with Gasteiger partial charge in [0.25, 0.3) is 5.91 Å². The molecule has 3 aromatic heterocycles. The van der Waals surface area contributed by atoms with E-state index in [1.54, 1.807) is 6.07 Å². The molecule has 0 aliphatic carbocycles. The van der Waals surface area contributed by atoms with Gasteiger partial charge in [0, 0.05) is 5.56 Å². The highest BCUT2D eigenvalue weighted by Gasteiger charge is 2.20. The zero-order valence-corrected chi connectivity index (χ0v) is 14.0. The Morgan fingerprint density at radius 1 is 1.24 bits per heavy atom. The number of nitrogens with one attached hydrogen (secondary N) is 1. The van der Waals surface area contributed by atoms with Gasteiger partial charge in [-0.3, -0.25) is 4.79 Å². The van der Waals surface area contributed by atoms with Crippen molar-refractivity contribution in [2.45, 2.75) is 6.92 Å². The molecule has 1 amide bonds. The van der Waals surface area contributed by atoms with Gasteiger partial charge in [-0.2, -0.15) is 0 Å². The number of aromatic nitrogens is 4. The summed E-state index contributed by atoms with van der Waals surface area (Å²) in [5, 5.41) is 2.55. The van der Waals surface area contributed by atoms with Crippen molar-refractivity contribution in [1.29, 1.82) is 0 Å². The second-order valence-corrected chi connectivity index (χ2v) is 6.47. The topological polar surface area (TPSA) is 107 Å². The molecule has 0 saturated carbocycles. The molecule has 0 aliphatic heterocycles. The number of H-pyrrole nitrogens is 1. The number of carbonyl (C=O) groups excluding carboxylic acids is 1. The van der Waals surface area contributed by atoms with Crippen LogP contribution in [0.1, 0.15) is 16.1 Å². The van der Waals surface area contributed by atoms with Crippen LogP contribution < -0.4 is 11.4 Å². The number of hydrogen-bond acceptors (Lipinski definition) is 5. The summed E-state index contributed by atoms with van der Waals surface area (Å²) < 4.78 is 1.42. The number of aromatic amines is 1. The molecule has 0 aliphatic rings. The Hall–Kier alpha value is -3.26. The fourth-order valence-corrected chi connectivity index (χ4v) is 3.41. The molecule has 25 heavy (non-hydrogen) atoms. The minimum absolute atomic E-state index is 0.00564. The Bertz CT molecular complexity index is 1160. The number of benzene rings is 1. The van der Waals surface area contributed by atoms with Gasteiger partial charge in [-0.15, -0.1) is 11.3 Å². The average molecular weight is 351 g/mol. The van der Waals surface area contributed by atoms with E-state index in [9.17, 15) is 9.59 Å². The number of rotatable bonds is 3. The average Bonchev–Trinajstić information content (AvgIpc) is 3.20. The largest absolute Gasteiger partial charge is 0.364 e. The van der Waals surface area contributed by atoms with Crippen LogP contribution in [0.15, 0.2) is 46.6 Å². The molecular formula is C17H13N5O2S. The van der Waals surface area contributed by atoms with E-state index in [4.69, 9.17) is 5.73 Å². The predicted molar refractivity (Wildman–Crippen MR) is 96.1 cm³/mol. The quantitative estimate of drug-likeness (QED) is 0.590. The zero-order valence-electron chi connectivity index (χ0n) is 13.2. The van der Waals surface area contributed by atoms with Gasteiger partial charge >= 0.3 is 5.69 Å². The maximum Gasteiger partial charge on any atom is 0.333 e. The Morgan fingerprint density at radius 2 is 2.08 bits per heavy atom. The van der Waals surface area contributed by atoms with Crippen molar-refractivity contribution in [2.24, 2.45) is 5.73 Å². The summed E-state index contributed by atoms with van der Waals surface area (Å²) in [6, 6.07) is 11.2. The lowest BCUT2D eigenvalue weighted by atomic mass is 10.1. The SMILES string of the molecule is Cc1cccc(-c2nc(C(N)=O)c3[nH]c(=O)n(-c4cccs4)c3n2)c1. The van der Waals surface area contributed by atoms with Crippen LogP contribution in [0.5, 0.6) is 0 Å². The van der Waals surface area contributed by atoms with E-state index in [1.807, 2.05) is 42.6 Å². The van der Waals surface area contributed by atoms with Crippen LogP contribution in [0, 0.1) is 6.92 Å². The molecule has 0 radical (unpaired) electrons. The molecule has 1 aromatic carbocycles. The molecule has 8 heteroatoms. The number of nitrogens with zero attached hydrogens (tertiary/aromatic N) is 3. The fourth-order valence-electron chi connectivity index (χ4n) is 2.68. The Morgan fingerprint density at radius 3 is 2.76 bits per heavy atom. The van der Waals surface area contributed by atoms with Gasteiger partial charge in [-0.1, -0.05) is 23.8 Å². The third-order valence-electron chi connectivity index (χ3n) is 3.77. The summed E-state index contributed by atoms with van der Waals surface area (Å²) in [5.41, 5.74) is 7.42. The first-order chi connectivity index (χ1) is 12.0. The number of nitrogens with two attached hydrogens (primary N) is 1. The van der Waals surface area contributed by atoms with Crippen molar-refractivity contribution < 1.29 is 4.79 Å². The van der Waals surface area contributed by atoms with E-state index >= 15 is 0 Å².